The molecule has 2 N–H and O–H groups in total. The monoisotopic (exact) mass is 448 g/mol. The lowest BCUT2D eigenvalue weighted by Crippen LogP contribution is -2.44. The van der Waals surface area contributed by atoms with Crippen molar-refractivity contribution >= 4 is 34.6 Å². The fourth-order valence-electron chi connectivity index (χ4n) is 3.77. The molecule has 0 bridgehead atoms. The number of piperazine rings is 1. The molecule has 1 aliphatic rings. The van der Waals surface area contributed by atoms with E-state index in [0.717, 1.165) is 66.2 Å². The van der Waals surface area contributed by atoms with E-state index in [1.807, 2.05) is 44.1 Å². The Morgan fingerprint density at radius 3 is 2.52 bits per heavy atom. The van der Waals surface area contributed by atoms with Crippen molar-refractivity contribution < 1.29 is 4.74 Å². The highest BCUT2D eigenvalue weighted by molar-refractivity contribution is 5.73. The zero-order chi connectivity index (χ0) is 23.4. The normalized spacial score (nSPS) is 14.2. The van der Waals surface area contributed by atoms with Gasteiger partial charge in [-0.05, 0) is 38.2 Å². The van der Waals surface area contributed by atoms with E-state index < -0.39 is 0 Å². The fraction of sp³-hybridized carbons (Fsp3) is 0.375. The second kappa shape index (κ2) is 9.91. The number of likely N-dealkylation sites (N-methyl/N-ethyl adjacent to an activating group) is 1. The molecule has 0 atom stereocenters. The van der Waals surface area contributed by atoms with E-state index in [1.54, 1.807) is 19.5 Å². The fourth-order valence-corrected chi connectivity index (χ4v) is 3.77. The first-order valence-electron chi connectivity index (χ1n) is 11.1. The van der Waals surface area contributed by atoms with Crippen LogP contribution in [0.3, 0.4) is 0 Å². The Labute approximate surface area is 195 Å². The van der Waals surface area contributed by atoms with Crippen LogP contribution in [0.4, 0.5) is 34.6 Å². The van der Waals surface area contributed by atoms with Crippen LogP contribution in [0.15, 0.2) is 42.7 Å². The van der Waals surface area contributed by atoms with Crippen molar-refractivity contribution in [3.63, 3.8) is 0 Å². The maximum absolute atomic E-state index is 5.68. The largest absolute Gasteiger partial charge is 0.494 e. The number of aryl methyl sites for hydroxylation is 1. The van der Waals surface area contributed by atoms with Crippen molar-refractivity contribution in [3.05, 3.63) is 48.3 Å². The predicted octanol–water partition coefficient (Wildman–Crippen LogP) is 3.49. The van der Waals surface area contributed by atoms with Crippen molar-refractivity contribution in [2.24, 2.45) is 0 Å². The van der Waals surface area contributed by atoms with Crippen LogP contribution in [0.2, 0.25) is 0 Å². The van der Waals surface area contributed by atoms with Gasteiger partial charge in [-0.2, -0.15) is 4.98 Å². The van der Waals surface area contributed by atoms with Gasteiger partial charge < -0.3 is 30.1 Å². The Morgan fingerprint density at radius 1 is 1.00 bits per heavy atom. The van der Waals surface area contributed by atoms with E-state index in [0.29, 0.717) is 5.95 Å². The highest BCUT2D eigenvalue weighted by Crippen LogP contribution is 2.32. The van der Waals surface area contributed by atoms with Crippen molar-refractivity contribution in [1.82, 2.24) is 19.9 Å². The third kappa shape index (κ3) is 5.25. The van der Waals surface area contributed by atoms with Gasteiger partial charge in [-0.3, -0.25) is 0 Å². The molecular formula is C24H32N8O. The van der Waals surface area contributed by atoms with Crippen molar-refractivity contribution in [3.8, 4) is 5.75 Å². The van der Waals surface area contributed by atoms with Crippen molar-refractivity contribution in [2.45, 2.75) is 6.92 Å². The van der Waals surface area contributed by atoms with Crippen LogP contribution in [-0.4, -0.2) is 74.3 Å². The van der Waals surface area contributed by atoms with E-state index in [1.165, 1.54) is 0 Å². The van der Waals surface area contributed by atoms with Gasteiger partial charge >= 0.3 is 0 Å². The summed E-state index contributed by atoms with van der Waals surface area (Å²) in [5.41, 5.74) is 3.79. The lowest BCUT2D eigenvalue weighted by Gasteiger charge is -2.34. The topological polar surface area (TPSA) is 81.7 Å². The number of ether oxygens (including phenoxy) is 1. The Kier molecular flexibility index (Phi) is 6.79. The molecule has 9 nitrogen and oxygen atoms in total. The molecule has 3 heterocycles. The number of aromatic nitrogens is 3. The molecule has 4 rings (SSSR count). The second-order valence-corrected chi connectivity index (χ2v) is 8.42. The Hall–Kier alpha value is -3.59. The molecule has 0 radical (unpaired) electrons. The molecule has 0 unspecified atom stereocenters. The molecule has 9 heteroatoms. The average molecular weight is 449 g/mol. The highest BCUT2D eigenvalue weighted by atomic mass is 16.5. The summed E-state index contributed by atoms with van der Waals surface area (Å²) < 4.78 is 5.68. The smallest absolute Gasteiger partial charge is 0.229 e. The first kappa shape index (κ1) is 22.6. The summed E-state index contributed by atoms with van der Waals surface area (Å²) in [6, 6.07) is 10.1. The minimum atomic E-state index is 0.490. The van der Waals surface area contributed by atoms with Crippen LogP contribution in [0.5, 0.6) is 5.75 Å². The maximum Gasteiger partial charge on any atom is 0.229 e. The van der Waals surface area contributed by atoms with Crippen molar-refractivity contribution in [2.75, 3.05) is 74.9 Å². The van der Waals surface area contributed by atoms with E-state index in [9.17, 15) is 0 Å². The van der Waals surface area contributed by atoms with Gasteiger partial charge in [0.25, 0.3) is 0 Å². The number of nitrogens with one attached hydrogen (secondary N) is 2. The summed E-state index contributed by atoms with van der Waals surface area (Å²) in [4.78, 5) is 20.3. The van der Waals surface area contributed by atoms with Gasteiger partial charge in [0.05, 0.1) is 18.5 Å². The van der Waals surface area contributed by atoms with Gasteiger partial charge in [0, 0.05) is 70.0 Å². The number of nitrogens with zero attached hydrogens (tertiary/aromatic N) is 6. The van der Waals surface area contributed by atoms with Crippen LogP contribution in [0.25, 0.3) is 0 Å². The van der Waals surface area contributed by atoms with Crippen LogP contribution < -0.4 is 25.2 Å². The summed E-state index contributed by atoms with van der Waals surface area (Å²) in [6.07, 6.45) is 3.58. The Bertz CT molecular complexity index is 1100. The summed E-state index contributed by atoms with van der Waals surface area (Å²) in [5.74, 6) is 2.80. The molecule has 1 fully saturated rings. The number of rotatable bonds is 7. The van der Waals surface area contributed by atoms with Gasteiger partial charge in [0.1, 0.15) is 11.6 Å². The quantitative estimate of drug-likeness (QED) is 0.564. The molecule has 1 aromatic carbocycles. The third-order valence-electron chi connectivity index (χ3n) is 5.74. The summed E-state index contributed by atoms with van der Waals surface area (Å²) in [5, 5.41) is 6.71. The summed E-state index contributed by atoms with van der Waals surface area (Å²) in [6.45, 7) is 6.10. The molecule has 0 saturated carbocycles. The highest BCUT2D eigenvalue weighted by Gasteiger charge is 2.17. The third-order valence-corrected chi connectivity index (χ3v) is 5.74. The lowest BCUT2D eigenvalue weighted by molar-refractivity contribution is 0.312. The molecule has 1 aliphatic heterocycles. The van der Waals surface area contributed by atoms with Gasteiger partial charge in [-0.15, -0.1) is 0 Å². The Balaban J connectivity index is 1.55. The standard InChI is InChI=1S/C24H32N8O/c1-17-16-26-24(29-22(17)27-20-7-6-10-25-23(20)30(2)3)28-19-9-8-18(15-21(19)33-5)32-13-11-31(4)12-14-32/h6-10,15-16H,11-14H2,1-5H3,(H2,26,27,28,29). The van der Waals surface area contributed by atoms with Crippen LogP contribution in [0.1, 0.15) is 5.56 Å². The number of hydrogen-bond acceptors (Lipinski definition) is 9. The van der Waals surface area contributed by atoms with Crippen LogP contribution >= 0.6 is 0 Å². The molecule has 33 heavy (non-hydrogen) atoms. The number of anilines is 6. The minimum absolute atomic E-state index is 0.490. The van der Waals surface area contributed by atoms with E-state index in [2.05, 4.69) is 49.6 Å². The Morgan fingerprint density at radius 2 is 1.79 bits per heavy atom. The number of benzene rings is 1. The van der Waals surface area contributed by atoms with E-state index in [-0.39, 0.29) is 0 Å². The first-order valence-corrected chi connectivity index (χ1v) is 11.1. The van der Waals surface area contributed by atoms with Gasteiger partial charge in [-0.25, -0.2) is 9.97 Å². The zero-order valence-corrected chi connectivity index (χ0v) is 20.0. The van der Waals surface area contributed by atoms with E-state index >= 15 is 0 Å². The van der Waals surface area contributed by atoms with Crippen molar-refractivity contribution in [1.29, 1.82) is 0 Å². The average Bonchev–Trinajstić information content (AvgIpc) is 2.82. The first-order chi connectivity index (χ1) is 15.9. The molecule has 0 aliphatic carbocycles. The van der Waals surface area contributed by atoms with Crippen LogP contribution in [0, 0.1) is 6.92 Å². The predicted molar refractivity (Wildman–Crippen MR) is 135 cm³/mol. The van der Waals surface area contributed by atoms with Gasteiger partial charge in [-0.1, -0.05) is 0 Å². The van der Waals surface area contributed by atoms with Gasteiger partial charge in [0.2, 0.25) is 5.95 Å². The number of pyridine rings is 1. The molecule has 0 spiro atoms. The molecule has 0 amide bonds. The molecule has 3 aromatic rings. The lowest BCUT2D eigenvalue weighted by atomic mass is 10.2. The summed E-state index contributed by atoms with van der Waals surface area (Å²) >= 11 is 0. The molecule has 2 aromatic heterocycles. The zero-order valence-electron chi connectivity index (χ0n) is 20.0. The number of hydrogen-bond donors (Lipinski definition) is 2. The molecular weight excluding hydrogens is 416 g/mol. The maximum atomic E-state index is 5.68. The summed E-state index contributed by atoms with van der Waals surface area (Å²) in [7, 11) is 7.77. The van der Waals surface area contributed by atoms with Crippen LogP contribution in [-0.2, 0) is 0 Å². The minimum Gasteiger partial charge on any atom is -0.494 e. The second-order valence-electron chi connectivity index (χ2n) is 8.42. The van der Waals surface area contributed by atoms with E-state index in [4.69, 9.17) is 9.72 Å². The molecule has 174 valence electrons. The van der Waals surface area contributed by atoms with Gasteiger partial charge in [0.15, 0.2) is 5.82 Å². The number of methoxy groups -OCH3 is 1. The SMILES string of the molecule is COc1cc(N2CCN(C)CC2)ccc1Nc1ncc(C)c(Nc2cccnc2N(C)C)n1. The molecule has 1 saturated heterocycles.